The lowest BCUT2D eigenvalue weighted by molar-refractivity contribution is -0.385. The van der Waals surface area contributed by atoms with E-state index < -0.39 is 16.4 Å². The highest BCUT2D eigenvalue weighted by molar-refractivity contribution is 5.98. The van der Waals surface area contributed by atoms with Crippen LogP contribution in [0.3, 0.4) is 0 Å². The minimum Gasteiger partial charge on any atom is -0.490 e. The monoisotopic (exact) mass is 295 g/mol. The molecule has 1 aromatic rings. The van der Waals surface area contributed by atoms with Crippen molar-refractivity contribution in [3.63, 3.8) is 0 Å². The quantitative estimate of drug-likeness (QED) is 0.613. The van der Waals surface area contributed by atoms with E-state index in [4.69, 9.17) is 10.5 Å². The van der Waals surface area contributed by atoms with E-state index in [-0.39, 0.29) is 29.5 Å². The van der Waals surface area contributed by atoms with E-state index in [1.54, 1.807) is 0 Å². The van der Waals surface area contributed by atoms with Crippen LogP contribution in [0.5, 0.6) is 5.75 Å². The third kappa shape index (κ3) is 3.49. The average molecular weight is 295 g/mol. The van der Waals surface area contributed by atoms with Gasteiger partial charge in [-0.15, -0.1) is 0 Å². The number of nitrogens with one attached hydrogen (secondary N) is 1. The summed E-state index contributed by atoms with van der Waals surface area (Å²) in [5.41, 5.74) is 5.00. The predicted octanol–water partition coefficient (Wildman–Crippen LogP) is 1.71. The number of rotatable bonds is 6. The molecule has 1 aromatic carbocycles. The van der Waals surface area contributed by atoms with Crippen LogP contribution in [-0.4, -0.2) is 30.0 Å². The van der Waals surface area contributed by atoms with Gasteiger partial charge >= 0.3 is 5.69 Å². The lowest BCUT2D eigenvalue weighted by Crippen LogP contribution is -2.55. The molecule has 0 heterocycles. The van der Waals surface area contributed by atoms with Gasteiger partial charge < -0.3 is 15.8 Å². The Morgan fingerprint density at radius 1 is 1.52 bits per heavy atom. The van der Waals surface area contributed by atoms with Crippen molar-refractivity contribution in [2.45, 2.75) is 26.3 Å². The number of hydrogen-bond donors (Lipinski definition) is 2. The number of nitro groups is 1. The molecule has 0 radical (unpaired) electrons. The van der Waals surface area contributed by atoms with Gasteiger partial charge in [-0.25, -0.2) is 0 Å². The van der Waals surface area contributed by atoms with Crippen LogP contribution < -0.4 is 15.8 Å². The fraction of sp³-hybridized carbons (Fsp3) is 0.500. The fourth-order valence-electron chi connectivity index (χ4n) is 1.82. The number of carbonyl (C=O) groups is 1. The van der Waals surface area contributed by atoms with Gasteiger partial charge in [0.25, 0.3) is 5.91 Å². The van der Waals surface area contributed by atoms with Crippen molar-refractivity contribution in [3.8, 4) is 5.75 Å². The predicted molar refractivity (Wildman–Crippen MR) is 79.4 cm³/mol. The largest absolute Gasteiger partial charge is 0.490 e. The molecule has 116 valence electrons. The molecule has 1 amide bonds. The summed E-state index contributed by atoms with van der Waals surface area (Å²) >= 11 is 0. The maximum Gasteiger partial charge on any atom is 0.311 e. The number of amides is 1. The smallest absolute Gasteiger partial charge is 0.311 e. The van der Waals surface area contributed by atoms with E-state index in [0.717, 1.165) is 0 Å². The number of nitrogens with zero attached hydrogens (tertiary/aromatic N) is 1. The van der Waals surface area contributed by atoms with Gasteiger partial charge in [0.1, 0.15) is 0 Å². The standard InChI is InChI=1S/C14H21N3O4/c1-9(2)14(3,8-15)16-13(18)10-6-5-7-11(17(19)20)12(10)21-4/h5-7,9H,8,15H2,1-4H3,(H,16,18). The minimum atomic E-state index is -0.604. The summed E-state index contributed by atoms with van der Waals surface area (Å²) in [7, 11) is 1.30. The Bertz CT molecular complexity index is 545. The molecule has 7 nitrogen and oxygen atoms in total. The van der Waals surface area contributed by atoms with E-state index in [9.17, 15) is 14.9 Å². The van der Waals surface area contributed by atoms with Crippen LogP contribution in [0.1, 0.15) is 31.1 Å². The van der Waals surface area contributed by atoms with Crippen molar-refractivity contribution >= 4 is 11.6 Å². The van der Waals surface area contributed by atoms with Gasteiger partial charge in [0.05, 0.1) is 23.1 Å². The van der Waals surface area contributed by atoms with Crippen molar-refractivity contribution < 1.29 is 14.5 Å². The lowest BCUT2D eigenvalue weighted by Gasteiger charge is -2.33. The first-order valence-electron chi connectivity index (χ1n) is 6.60. The Labute approximate surface area is 123 Å². The Morgan fingerprint density at radius 3 is 2.57 bits per heavy atom. The maximum absolute atomic E-state index is 12.4. The zero-order valence-electron chi connectivity index (χ0n) is 12.7. The van der Waals surface area contributed by atoms with Gasteiger partial charge in [-0.05, 0) is 18.9 Å². The summed E-state index contributed by atoms with van der Waals surface area (Å²) in [6.07, 6.45) is 0. The third-order valence-electron chi connectivity index (χ3n) is 3.74. The molecule has 0 aliphatic heterocycles. The van der Waals surface area contributed by atoms with E-state index in [0.29, 0.717) is 0 Å². The van der Waals surface area contributed by atoms with E-state index in [2.05, 4.69) is 5.32 Å². The molecule has 0 fully saturated rings. The molecule has 1 unspecified atom stereocenters. The van der Waals surface area contributed by atoms with Gasteiger partial charge in [-0.1, -0.05) is 19.9 Å². The van der Waals surface area contributed by atoms with Crippen molar-refractivity contribution in [2.24, 2.45) is 11.7 Å². The van der Waals surface area contributed by atoms with Crippen LogP contribution in [0.4, 0.5) is 5.69 Å². The van der Waals surface area contributed by atoms with Crippen molar-refractivity contribution in [1.82, 2.24) is 5.32 Å². The zero-order valence-corrected chi connectivity index (χ0v) is 12.7. The summed E-state index contributed by atoms with van der Waals surface area (Å²) < 4.78 is 5.03. The highest BCUT2D eigenvalue weighted by atomic mass is 16.6. The van der Waals surface area contributed by atoms with Gasteiger partial charge in [0, 0.05) is 12.6 Å². The van der Waals surface area contributed by atoms with E-state index in [1.165, 1.54) is 25.3 Å². The number of ether oxygens (including phenoxy) is 1. The van der Waals surface area contributed by atoms with Crippen LogP contribution in [0.2, 0.25) is 0 Å². The highest BCUT2D eigenvalue weighted by Gasteiger charge is 2.31. The van der Waals surface area contributed by atoms with Crippen LogP contribution >= 0.6 is 0 Å². The van der Waals surface area contributed by atoms with Crippen molar-refractivity contribution in [1.29, 1.82) is 0 Å². The molecule has 0 saturated heterocycles. The first-order valence-corrected chi connectivity index (χ1v) is 6.60. The first kappa shape index (κ1) is 16.9. The second-order valence-corrected chi connectivity index (χ2v) is 5.35. The number of methoxy groups -OCH3 is 1. The topological polar surface area (TPSA) is 107 Å². The lowest BCUT2D eigenvalue weighted by atomic mass is 9.88. The molecule has 0 aliphatic carbocycles. The Kier molecular flexibility index (Phi) is 5.26. The van der Waals surface area contributed by atoms with Gasteiger partial charge in [-0.3, -0.25) is 14.9 Å². The fourth-order valence-corrected chi connectivity index (χ4v) is 1.82. The Hall–Kier alpha value is -2.15. The van der Waals surface area contributed by atoms with Crippen molar-refractivity contribution in [3.05, 3.63) is 33.9 Å². The maximum atomic E-state index is 12.4. The van der Waals surface area contributed by atoms with Crippen LogP contribution in [-0.2, 0) is 0 Å². The SMILES string of the molecule is COc1c(C(=O)NC(C)(CN)C(C)C)cccc1[N+](=O)[O-]. The summed E-state index contributed by atoms with van der Waals surface area (Å²) in [6.45, 7) is 5.97. The van der Waals surface area contributed by atoms with Crippen molar-refractivity contribution in [2.75, 3.05) is 13.7 Å². The molecule has 0 saturated carbocycles. The highest BCUT2D eigenvalue weighted by Crippen LogP contribution is 2.31. The third-order valence-corrected chi connectivity index (χ3v) is 3.74. The Balaban J connectivity index is 3.19. The normalized spacial score (nSPS) is 13.6. The van der Waals surface area contributed by atoms with Crippen LogP contribution in [0.25, 0.3) is 0 Å². The molecule has 0 spiro atoms. The number of carbonyl (C=O) groups excluding carboxylic acids is 1. The van der Waals surface area contributed by atoms with Crippen LogP contribution in [0.15, 0.2) is 18.2 Å². The van der Waals surface area contributed by atoms with E-state index in [1.807, 2.05) is 20.8 Å². The molecule has 3 N–H and O–H groups in total. The number of para-hydroxylation sites is 1. The second-order valence-electron chi connectivity index (χ2n) is 5.35. The molecular formula is C14H21N3O4. The molecule has 1 rings (SSSR count). The second kappa shape index (κ2) is 6.53. The summed E-state index contributed by atoms with van der Waals surface area (Å²) in [5, 5.41) is 13.8. The zero-order chi connectivity index (χ0) is 16.2. The van der Waals surface area contributed by atoms with Gasteiger partial charge in [0.2, 0.25) is 5.75 Å². The molecule has 0 aromatic heterocycles. The summed E-state index contributed by atoms with van der Waals surface area (Å²) in [4.78, 5) is 22.8. The summed E-state index contributed by atoms with van der Waals surface area (Å²) in [6, 6.07) is 4.23. The molecule has 0 aliphatic rings. The molecule has 1 atom stereocenters. The average Bonchev–Trinajstić information content (AvgIpc) is 2.45. The first-order chi connectivity index (χ1) is 9.76. The molecular weight excluding hydrogens is 274 g/mol. The van der Waals surface area contributed by atoms with Gasteiger partial charge in [0.15, 0.2) is 0 Å². The number of hydrogen-bond acceptors (Lipinski definition) is 5. The number of nitrogens with two attached hydrogens (primary N) is 1. The van der Waals surface area contributed by atoms with Crippen LogP contribution in [0, 0.1) is 16.0 Å². The molecule has 7 heteroatoms. The Morgan fingerprint density at radius 2 is 2.14 bits per heavy atom. The number of benzene rings is 1. The van der Waals surface area contributed by atoms with E-state index >= 15 is 0 Å². The molecule has 0 bridgehead atoms. The molecule has 21 heavy (non-hydrogen) atoms. The summed E-state index contributed by atoms with van der Waals surface area (Å²) in [5.74, 6) is -0.392. The number of nitro benzene ring substituents is 1. The van der Waals surface area contributed by atoms with Gasteiger partial charge in [-0.2, -0.15) is 0 Å². The minimum absolute atomic E-state index is 0.0527.